The van der Waals surface area contributed by atoms with Gasteiger partial charge in [-0.1, -0.05) is 11.3 Å². The van der Waals surface area contributed by atoms with Crippen LogP contribution in [0, 0.1) is 6.92 Å². The molecule has 3 aromatic rings. The van der Waals surface area contributed by atoms with E-state index in [2.05, 4.69) is 10.1 Å². The largest absolute Gasteiger partial charge is 0.412 e. The number of nitrogens with zero attached hydrogens (tertiary/aromatic N) is 3. The van der Waals surface area contributed by atoms with Gasteiger partial charge in [-0.25, -0.2) is 9.67 Å². The van der Waals surface area contributed by atoms with E-state index in [-0.39, 0.29) is 0 Å². The molecule has 0 fully saturated rings. The highest BCUT2D eigenvalue weighted by atomic mass is 32.1. The second-order valence-corrected chi connectivity index (χ2v) is 5.05. The maximum Gasteiger partial charge on any atom is 0.281 e. The first kappa shape index (κ1) is 11.0. The van der Waals surface area contributed by atoms with Gasteiger partial charge in [0.05, 0.1) is 15.9 Å². The normalized spacial score (nSPS) is 11.0. The zero-order chi connectivity index (χ0) is 12.7. The van der Waals surface area contributed by atoms with Crippen molar-refractivity contribution >= 4 is 27.2 Å². The van der Waals surface area contributed by atoms with E-state index in [1.54, 1.807) is 4.68 Å². The molecule has 3 rings (SSSR count). The predicted octanol–water partition coefficient (Wildman–Crippen LogP) is 2.71. The number of ether oxygens (including phenoxy) is 1. The van der Waals surface area contributed by atoms with Crippen molar-refractivity contribution in [3.63, 3.8) is 0 Å². The third kappa shape index (κ3) is 1.91. The van der Waals surface area contributed by atoms with Crippen LogP contribution in [0.4, 0.5) is 5.69 Å². The van der Waals surface area contributed by atoms with Crippen LogP contribution in [-0.2, 0) is 7.05 Å². The summed E-state index contributed by atoms with van der Waals surface area (Å²) in [6.45, 7) is 1.92. The molecule has 92 valence electrons. The Morgan fingerprint density at radius 1 is 1.33 bits per heavy atom. The van der Waals surface area contributed by atoms with E-state index in [9.17, 15) is 0 Å². The molecule has 0 amide bonds. The third-order valence-corrected chi connectivity index (χ3v) is 3.44. The van der Waals surface area contributed by atoms with Crippen LogP contribution in [0.2, 0.25) is 0 Å². The van der Waals surface area contributed by atoms with Gasteiger partial charge in [-0.05, 0) is 25.1 Å². The summed E-state index contributed by atoms with van der Waals surface area (Å²) >= 11 is 1.47. The van der Waals surface area contributed by atoms with Crippen molar-refractivity contribution in [3.8, 4) is 11.1 Å². The van der Waals surface area contributed by atoms with Gasteiger partial charge < -0.3 is 10.5 Å². The lowest BCUT2D eigenvalue weighted by atomic mass is 10.3. The fraction of sp³-hybridized carbons (Fsp3) is 0.167. The number of benzene rings is 1. The lowest BCUT2D eigenvalue weighted by molar-refractivity contribution is 0.429. The summed E-state index contributed by atoms with van der Waals surface area (Å²) in [7, 11) is 1.84. The first-order valence-electron chi connectivity index (χ1n) is 5.46. The minimum Gasteiger partial charge on any atom is -0.412 e. The molecule has 18 heavy (non-hydrogen) atoms. The quantitative estimate of drug-likeness (QED) is 0.719. The summed E-state index contributed by atoms with van der Waals surface area (Å²) in [6, 6.07) is 7.50. The smallest absolute Gasteiger partial charge is 0.281 e. The summed E-state index contributed by atoms with van der Waals surface area (Å²) in [5.74, 6) is 0.680. The molecule has 0 saturated carbocycles. The number of rotatable bonds is 2. The van der Waals surface area contributed by atoms with Gasteiger partial charge in [0, 0.05) is 18.8 Å². The highest BCUT2D eigenvalue weighted by Crippen LogP contribution is 2.32. The Morgan fingerprint density at radius 2 is 2.17 bits per heavy atom. The van der Waals surface area contributed by atoms with E-state index < -0.39 is 0 Å². The van der Waals surface area contributed by atoms with Gasteiger partial charge >= 0.3 is 0 Å². The highest BCUT2D eigenvalue weighted by Gasteiger charge is 2.09. The number of anilines is 1. The Labute approximate surface area is 108 Å². The zero-order valence-corrected chi connectivity index (χ0v) is 10.9. The van der Waals surface area contributed by atoms with Crippen LogP contribution in [0.1, 0.15) is 5.69 Å². The molecule has 0 radical (unpaired) electrons. The zero-order valence-electron chi connectivity index (χ0n) is 10.0. The Balaban J connectivity index is 1.97. The molecule has 0 saturated heterocycles. The topological polar surface area (TPSA) is 66.0 Å². The maximum atomic E-state index is 5.74. The lowest BCUT2D eigenvalue weighted by Gasteiger charge is -1.99. The molecule has 2 aromatic heterocycles. The van der Waals surface area contributed by atoms with Crippen molar-refractivity contribution in [2.75, 3.05) is 5.73 Å². The predicted molar refractivity (Wildman–Crippen MR) is 72.1 cm³/mol. The number of nitrogen functional groups attached to an aromatic ring is 1. The van der Waals surface area contributed by atoms with Crippen molar-refractivity contribution in [2.24, 2.45) is 7.05 Å². The van der Waals surface area contributed by atoms with E-state index in [0.717, 1.165) is 21.6 Å². The van der Waals surface area contributed by atoms with E-state index in [4.69, 9.17) is 10.5 Å². The monoisotopic (exact) mass is 260 g/mol. The van der Waals surface area contributed by atoms with Gasteiger partial charge in [0.15, 0.2) is 0 Å². The number of thiazole rings is 1. The van der Waals surface area contributed by atoms with Crippen molar-refractivity contribution in [1.29, 1.82) is 0 Å². The Kier molecular flexibility index (Phi) is 2.45. The van der Waals surface area contributed by atoms with Gasteiger partial charge in [-0.15, -0.1) is 0 Å². The fourth-order valence-electron chi connectivity index (χ4n) is 1.74. The highest BCUT2D eigenvalue weighted by molar-refractivity contribution is 7.20. The van der Waals surface area contributed by atoms with Gasteiger partial charge in [0.25, 0.3) is 5.19 Å². The van der Waals surface area contributed by atoms with Gasteiger partial charge in [0.1, 0.15) is 0 Å². The lowest BCUT2D eigenvalue weighted by Crippen LogP contribution is -1.94. The number of hydrogen-bond donors (Lipinski definition) is 1. The fourth-order valence-corrected chi connectivity index (χ4v) is 2.61. The van der Waals surface area contributed by atoms with Crippen molar-refractivity contribution < 1.29 is 4.74 Å². The molecule has 0 unspecified atom stereocenters. The molecule has 2 heterocycles. The molecular formula is C12H12N4OS. The van der Waals surface area contributed by atoms with Crippen LogP contribution >= 0.6 is 11.3 Å². The van der Waals surface area contributed by atoms with Crippen molar-refractivity contribution in [1.82, 2.24) is 14.8 Å². The van der Waals surface area contributed by atoms with Crippen LogP contribution in [0.3, 0.4) is 0 Å². The van der Waals surface area contributed by atoms with Crippen LogP contribution in [0.15, 0.2) is 24.3 Å². The molecule has 0 aliphatic heterocycles. The second kappa shape index (κ2) is 3.99. The van der Waals surface area contributed by atoms with Crippen LogP contribution in [-0.4, -0.2) is 14.8 Å². The maximum absolute atomic E-state index is 5.74. The number of hydrogen-bond acceptors (Lipinski definition) is 5. The van der Waals surface area contributed by atoms with Crippen LogP contribution in [0.25, 0.3) is 10.2 Å². The van der Waals surface area contributed by atoms with Gasteiger partial charge in [0.2, 0.25) is 5.88 Å². The first-order valence-corrected chi connectivity index (χ1v) is 6.28. The summed E-state index contributed by atoms with van der Waals surface area (Å²) in [4.78, 5) is 4.40. The molecule has 1 aromatic carbocycles. The third-order valence-electron chi connectivity index (χ3n) is 2.54. The summed E-state index contributed by atoms with van der Waals surface area (Å²) in [6.07, 6.45) is 0. The van der Waals surface area contributed by atoms with Crippen LogP contribution in [0.5, 0.6) is 11.1 Å². The molecule has 0 aliphatic rings. The van der Waals surface area contributed by atoms with E-state index in [1.807, 2.05) is 38.2 Å². The molecule has 0 aliphatic carbocycles. The standard InChI is InChI=1S/C12H12N4OS/c1-7-5-11(16(2)15-7)17-12-14-9-4-3-8(13)6-10(9)18-12/h3-6H,13H2,1-2H3. The molecular weight excluding hydrogens is 248 g/mol. The minimum atomic E-state index is 0.596. The minimum absolute atomic E-state index is 0.596. The summed E-state index contributed by atoms with van der Waals surface area (Å²) in [5, 5.41) is 4.82. The van der Waals surface area contributed by atoms with E-state index in [0.29, 0.717) is 11.1 Å². The van der Waals surface area contributed by atoms with E-state index >= 15 is 0 Å². The Bertz CT molecular complexity index is 716. The van der Waals surface area contributed by atoms with Crippen molar-refractivity contribution in [3.05, 3.63) is 30.0 Å². The van der Waals surface area contributed by atoms with Gasteiger partial charge in [-0.3, -0.25) is 0 Å². The molecule has 0 spiro atoms. The first-order chi connectivity index (χ1) is 8.61. The molecule has 0 bridgehead atoms. The summed E-state index contributed by atoms with van der Waals surface area (Å²) < 4.78 is 8.43. The Morgan fingerprint density at radius 3 is 2.89 bits per heavy atom. The number of aromatic nitrogens is 3. The molecule has 6 heteroatoms. The van der Waals surface area contributed by atoms with Crippen LogP contribution < -0.4 is 10.5 Å². The molecule has 2 N–H and O–H groups in total. The average Bonchev–Trinajstić information content (AvgIpc) is 2.82. The van der Waals surface area contributed by atoms with Gasteiger partial charge in [-0.2, -0.15) is 5.10 Å². The average molecular weight is 260 g/mol. The number of aryl methyl sites for hydroxylation is 2. The molecule has 0 atom stereocenters. The Hall–Kier alpha value is -2.08. The summed E-state index contributed by atoms with van der Waals surface area (Å²) in [5.41, 5.74) is 8.27. The number of nitrogens with two attached hydrogens (primary N) is 1. The number of fused-ring (bicyclic) bond motifs is 1. The van der Waals surface area contributed by atoms with Crippen molar-refractivity contribution in [2.45, 2.75) is 6.92 Å². The SMILES string of the molecule is Cc1cc(Oc2nc3ccc(N)cc3s2)n(C)n1. The van der Waals surface area contributed by atoms with E-state index in [1.165, 1.54) is 11.3 Å². The molecule has 5 nitrogen and oxygen atoms in total. The second-order valence-electron chi connectivity index (χ2n) is 4.06.